The number of aliphatic imine (C=N–C) groups is 1. The van der Waals surface area contributed by atoms with E-state index in [9.17, 15) is 8.78 Å². The topological polar surface area (TPSA) is 56.9 Å². The summed E-state index contributed by atoms with van der Waals surface area (Å²) in [5, 5.41) is 7.43. The number of hydrogen-bond donors (Lipinski definition) is 1. The number of guanidine groups is 1. The van der Waals surface area contributed by atoms with Gasteiger partial charge in [0.05, 0.1) is 5.69 Å². The Labute approximate surface area is 163 Å². The minimum atomic E-state index is -0.471. The molecule has 1 N–H and O–H groups in total. The second-order valence-electron chi connectivity index (χ2n) is 7.47. The molecule has 1 aliphatic heterocycles. The highest BCUT2D eigenvalue weighted by atomic mass is 19.1. The van der Waals surface area contributed by atoms with Crippen LogP contribution in [-0.2, 0) is 6.54 Å². The maximum absolute atomic E-state index is 14.0. The van der Waals surface area contributed by atoms with Crippen LogP contribution in [0.3, 0.4) is 0 Å². The summed E-state index contributed by atoms with van der Waals surface area (Å²) in [5.41, 5.74) is 1.13. The van der Waals surface area contributed by atoms with Crippen molar-refractivity contribution in [1.82, 2.24) is 20.3 Å². The van der Waals surface area contributed by atoms with E-state index in [1.807, 2.05) is 13.0 Å². The molecule has 0 amide bonds. The molecule has 8 heteroatoms. The fourth-order valence-corrected chi connectivity index (χ4v) is 3.84. The molecule has 2 aliphatic rings. The van der Waals surface area contributed by atoms with E-state index < -0.39 is 11.6 Å². The molecule has 0 spiro atoms. The van der Waals surface area contributed by atoms with Gasteiger partial charge in [0.1, 0.15) is 17.4 Å². The van der Waals surface area contributed by atoms with Crippen LogP contribution < -0.4 is 5.32 Å². The van der Waals surface area contributed by atoms with Gasteiger partial charge in [-0.15, -0.1) is 0 Å². The summed E-state index contributed by atoms with van der Waals surface area (Å²) in [6, 6.07) is 6.01. The first-order chi connectivity index (χ1) is 13.5. The Kier molecular flexibility index (Phi) is 5.30. The predicted molar refractivity (Wildman–Crippen MR) is 102 cm³/mol. The molecule has 2 atom stereocenters. The number of piperazine rings is 1. The highest BCUT2D eigenvalue weighted by Gasteiger charge is 2.43. The molecule has 150 valence electrons. The third-order valence-electron chi connectivity index (χ3n) is 5.42. The molecule has 1 aliphatic carbocycles. The zero-order valence-corrected chi connectivity index (χ0v) is 16.2. The highest BCUT2D eigenvalue weighted by Crippen LogP contribution is 2.43. The summed E-state index contributed by atoms with van der Waals surface area (Å²) < 4.78 is 33.1. The molecule has 28 heavy (non-hydrogen) atoms. The predicted octanol–water partition coefficient (Wildman–Crippen LogP) is 2.51. The van der Waals surface area contributed by atoms with Crippen molar-refractivity contribution in [3.63, 3.8) is 0 Å². The Balaban J connectivity index is 1.30. The van der Waals surface area contributed by atoms with E-state index in [1.54, 1.807) is 7.05 Å². The fraction of sp³-hybridized carbons (Fsp3) is 0.500. The van der Waals surface area contributed by atoms with E-state index in [4.69, 9.17) is 4.52 Å². The summed E-state index contributed by atoms with van der Waals surface area (Å²) in [7, 11) is 1.74. The zero-order chi connectivity index (χ0) is 19.7. The van der Waals surface area contributed by atoms with Crippen molar-refractivity contribution in [2.45, 2.75) is 31.8 Å². The van der Waals surface area contributed by atoms with Crippen LogP contribution in [0.5, 0.6) is 0 Å². The summed E-state index contributed by atoms with van der Waals surface area (Å²) in [5.74, 6) is 0.529. The van der Waals surface area contributed by atoms with Crippen LogP contribution in [-0.4, -0.2) is 60.2 Å². The number of aromatic nitrogens is 1. The van der Waals surface area contributed by atoms with Gasteiger partial charge in [0.25, 0.3) is 0 Å². The molecule has 6 nitrogen and oxygen atoms in total. The second kappa shape index (κ2) is 7.87. The Morgan fingerprint density at radius 1 is 1.25 bits per heavy atom. The molecule has 2 heterocycles. The molecule has 2 unspecified atom stereocenters. The van der Waals surface area contributed by atoms with Crippen molar-refractivity contribution in [1.29, 1.82) is 0 Å². The standard InChI is InChI=1S/C20H25F2N5O/c1-13-10-14(25-28-13)12-26-6-8-27(9-7-26)20(23-2)24-18-11-15(18)19-16(21)4-3-5-17(19)22/h3-5,10,15,18H,6-9,11-12H2,1-2H3,(H,23,24). The van der Waals surface area contributed by atoms with Crippen molar-refractivity contribution < 1.29 is 13.3 Å². The Bertz CT molecular complexity index is 840. The van der Waals surface area contributed by atoms with Gasteiger partial charge in [0.2, 0.25) is 0 Å². The van der Waals surface area contributed by atoms with E-state index >= 15 is 0 Å². The Hall–Kier alpha value is -2.48. The maximum atomic E-state index is 14.0. The molecule has 2 fully saturated rings. The molecule has 1 aromatic heterocycles. The van der Waals surface area contributed by atoms with E-state index in [2.05, 4.69) is 25.3 Å². The first-order valence-corrected chi connectivity index (χ1v) is 9.62. The van der Waals surface area contributed by atoms with Gasteiger partial charge in [-0.3, -0.25) is 9.89 Å². The third kappa shape index (κ3) is 4.01. The van der Waals surface area contributed by atoms with Gasteiger partial charge in [0, 0.05) is 63.4 Å². The van der Waals surface area contributed by atoms with Crippen LogP contribution in [0.2, 0.25) is 0 Å². The lowest BCUT2D eigenvalue weighted by atomic mass is 10.1. The monoisotopic (exact) mass is 389 g/mol. The van der Waals surface area contributed by atoms with Gasteiger partial charge in [-0.2, -0.15) is 0 Å². The second-order valence-corrected chi connectivity index (χ2v) is 7.47. The van der Waals surface area contributed by atoms with Crippen molar-refractivity contribution in [2.24, 2.45) is 4.99 Å². The first kappa shape index (κ1) is 18.9. The number of rotatable bonds is 4. The average molecular weight is 389 g/mol. The molecule has 1 saturated heterocycles. The number of nitrogens with zero attached hydrogens (tertiary/aromatic N) is 4. The molecule has 1 aromatic carbocycles. The third-order valence-corrected chi connectivity index (χ3v) is 5.42. The van der Waals surface area contributed by atoms with Crippen LogP contribution in [0, 0.1) is 18.6 Å². The van der Waals surface area contributed by atoms with Crippen LogP contribution in [0.15, 0.2) is 33.8 Å². The van der Waals surface area contributed by atoms with Crippen molar-refractivity contribution >= 4 is 5.96 Å². The smallest absolute Gasteiger partial charge is 0.193 e. The van der Waals surface area contributed by atoms with Crippen LogP contribution in [0.4, 0.5) is 8.78 Å². The van der Waals surface area contributed by atoms with Crippen LogP contribution in [0.1, 0.15) is 29.4 Å². The Morgan fingerprint density at radius 3 is 2.57 bits per heavy atom. The molecule has 4 rings (SSSR count). The minimum absolute atomic E-state index is 0.0150. The van der Waals surface area contributed by atoms with Gasteiger partial charge in [-0.25, -0.2) is 8.78 Å². The average Bonchev–Trinajstić information content (AvgIpc) is 3.31. The number of hydrogen-bond acceptors (Lipinski definition) is 4. The quantitative estimate of drug-likeness (QED) is 0.643. The minimum Gasteiger partial charge on any atom is -0.361 e. The van der Waals surface area contributed by atoms with E-state index in [-0.39, 0.29) is 17.5 Å². The highest BCUT2D eigenvalue weighted by molar-refractivity contribution is 5.81. The summed E-state index contributed by atoms with van der Waals surface area (Å²) >= 11 is 0. The number of benzene rings is 1. The maximum Gasteiger partial charge on any atom is 0.193 e. The SMILES string of the molecule is CN=C(NC1CC1c1c(F)cccc1F)N1CCN(Cc2cc(C)on2)CC1. The molecule has 1 saturated carbocycles. The van der Waals surface area contributed by atoms with Gasteiger partial charge in [-0.1, -0.05) is 11.2 Å². The lowest BCUT2D eigenvalue weighted by molar-refractivity contribution is 0.169. The summed E-state index contributed by atoms with van der Waals surface area (Å²) in [4.78, 5) is 8.90. The molecule has 2 aromatic rings. The van der Waals surface area contributed by atoms with Crippen LogP contribution >= 0.6 is 0 Å². The summed E-state index contributed by atoms with van der Waals surface area (Å²) in [6.07, 6.45) is 0.711. The normalized spacial score (nSPS) is 23.1. The van der Waals surface area contributed by atoms with Gasteiger partial charge < -0.3 is 14.7 Å². The largest absolute Gasteiger partial charge is 0.361 e. The Morgan fingerprint density at radius 2 is 1.96 bits per heavy atom. The number of aryl methyl sites for hydroxylation is 1. The van der Waals surface area contributed by atoms with Crippen molar-refractivity contribution in [3.05, 3.63) is 52.9 Å². The van der Waals surface area contributed by atoms with Gasteiger partial charge >= 0.3 is 0 Å². The first-order valence-electron chi connectivity index (χ1n) is 9.62. The van der Waals surface area contributed by atoms with Gasteiger partial charge in [-0.05, 0) is 25.5 Å². The van der Waals surface area contributed by atoms with Crippen molar-refractivity contribution in [3.8, 4) is 0 Å². The molecular weight excluding hydrogens is 364 g/mol. The molecule has 0 radical (unpaired) electrons. The lowest BCUT2D eigenvalue weighted by Crippen LogP contribution is -2.52. The molecule has 0 bridgehead atoms. The fourth-order valence-electron chi connectivity index (χ4n) is 3.84. The van der Waals surface area contributed by atoms with Crippen molar-refractivity contribution in [2.75, 3.05) is 33.2 Å². The van der Waals surface area contributed by atoms with Crippen LogP contribution in [0.25, 0.3) is 0 Å². The number of halogens is 2. The van der Waals surface area contributed by atoms with E-state index in [0.29, 0.717) is 6.42 Å². The zero-order valence-electron chi connectivity index (χ0n) is 16.2. The lowest BCUT2D eigenvalue weighted by Gasteiger charge is -2.36. The van der Waals surface area contributed by atoms with Gasteiger partial charge in [0.15, 0.2) is 5.96 Å². The number of nitrogens with one attached hydrogen (secondary N) is 1. The summed E-state index contributed by atoms with van der Waals surface area (Å²) in [6.45, 7) is 6.12. The molecular formula is C20H25F2N5O. The van der Waals surface area contributed by atoms with E-state index in [1.165, 1.54) is 18.2 Å². The van der Waals surface area contributed by atoms with E-state index in [0.717, 1.165) is 50.1 Å².